The summed E-state index contributed by atoms with van der Waals surface area (Å²) in [6, 6.07) is 3.43. The van der Waals surface area contributed by atoms with E-state index in [0.29, 0.717) is 47.7 Å². The van der Waals surface area contributed by atoms with Crippen LogP contribution in [-0.4, -0.2) is 47.4 Å². The molecule has 130 valence electrons. The van der Waals surface area contributed by atoms with Gasteiger partial charge in [0.15, 0.2) is 0 Å². The van der Waals surface area contributed by atoms with Crippen LogP contribution in [0.2, 0.25) is 0 Å². The number of nitrogens with zero attached hydrogens (tertiary/aromatic N) is 1. The molecule has 0 spiro atoms. The molecular weight excluding hydrogens is 338 g/mol. The second-order valence-electron chi connectivity index (χ2n) is 5.90. The van der Waals surface area contributed by atoms with Crippen molar-refractivity contribution in [2.75, 3.05) is 26.0 Å². The van der Waals surface area contributed by atoms with Gasteiger partial charge in [0.1, 0.15) is 5.75 Å². The van der Waals surface area contributed by atoms with Gasteiger partial charge in [-0.2, -0.15) is 4.31 Å². The quantitative estimate of drug-likeness (QED) is 0.719. The van der Waals surface area contributed by atoms with Gasteiger partial charge in [-0.3, -0.25) is 4.21 Å². The van der Waals surface area contributed by atoms with Crippen LogP contribution in [0.15, 0.2) is 17.0 Å². The van der Waals surface area contributed by atoms with Gasteiger partial charge in [-0.05, 0) is 55.9 Å². The number of ether oxygens (including phenoxy) is 1. The van der Waals surface area contributed by atoms with E-state index in [1.165, 1.54) is 4.31 Å². The Hall–Kier alpha value is -0.960. The maximum Gasteiger partial charge on any atom is 0.243 e. The van der Waals surface area contributed by atoms with E-state index >= 15 is 0 Å². The van der Waals surface area contributed by atoms with Gasteiger partial charge < -0.3 is 9.29 Å². The zero-order chi connectivity index (χ0) is 17.2. The van der Waals surface area contributed by atoms with Crippen molar-refractivity contribution in [3.63, 3.8) is 0 Å². The van der Waals surface area contributed by atoms with Crippen LogP contribution in [-0.2, 0) is 21.1 Å². The number of sulfonamides is 1. The molecule has 2 atom stereocenters. The molecule has 0 aliphatic carbocycles. The third-order valence-electron chi connectivity index (χ3n) is 4.21. The fourth-order valence-corrected chi connectivity index (χ4v) is 5.55. The summed E-state index contributed by atoms with van der Waals surface area (Å²) in [7, 11) is -2.02. The van der Waals surface area contributed by atoms with Gasteiger partial charge in [0.05, 0.1) is 12.0 Å². The largest absolute Gasteiger partial charge is 0.772 e. The third-order valence-corrected chi connectivity index (χ3v) is 6.95. The van der Waals surface area contributed by atoms with E-state index in [4.69, 9.17) is 4.74 Å². The first-order chi connectivity index (χ1) is 10.8. The molecule has 2 unspecified atom stereocenters. The van der Waals surface area contributed by atoms with Crippen molar-refractivity contribution in [3.05, 3.63) is 23.3 Å². The van der Waals surface area contributed by atoms with Crippen molar-refractivity contribution < 1.29 is 21.9 Å². The van der Waals surface area contributed by atoms with Crippen LogP contribution in [0.25, 0.3) is 0 Å². The van der Waals surface area contributed by atoms with Gasteiger partial charge in [0, 0.05) is 18.8 Å². The minimum absolute atomic E-state index is 0.0825. The Bertz CT molecular complexity index is 679. The average Bonchev–Trinajstić information content (AvgIpc) is 2.93. The highest BCUT2D eigenvalue weighted by Crippen LogP contribution is 2.31. The molecule has 1 aromatic carbocycles. The monoisotopic (exact) mass is 360 g/mol. The Kier molecular flexibility index (Phi) is 5.83. The second kappa shape index (κ2) is 7.29. The lowest BCUT2D eigenvalue weighted by Crippen LogP contribution is -2.30. The highest BCUT2D eigenvalue weighted by Gasteiger charge is 2.34. The number of methoxy groups -OCH3 is 1. The zero-order valence-electron chi connectivity index (χ0n) is 13.6. The standard InChI is InChI=1S/C15H23NO5S2/c1-11-8-14(21-3)9-12(2)15(11)23(19,20)16-6-4-13(10-16)5-7-22(17)18/h8-9,13H,4-7,10H2,1-3H3,(H,17,18)/p-1. The summed E-state index contributed by atoms with van der Waals surface area (Å²) >= 11 is -2.07. The van der Waals surface area contributed by atoms with Crippen molar-refractivity contribution in [1.29, 1.82) is 0 Å². The lowest BCUT2D eigenvalue weighted by Gasteiger charge is -2.20. The van der Waals surface area contributed by atoms with Gasteiger partial charge in [-0.15, -0.1) is 0 Å². The molecule has 1 heterocycles. The van der Waals surface area contributed by atoms with Crippen molar-refractivity contribution in [1.82, 2.24) is 4.31 Å². The van der Waals surface area contributed by atoms with E-state index in [2.05, 4.69) is 0 Å². The van der Waals surface area contributed by atoms with Crippen LogP contribution in [0.4, 0.5) is 0 Å². The molecule has 0 radical (unpaired) electrons. The first-order valence-electron chi connectivity index (χ1n) is 7.47. The lowest BCUT2D eigenvalue weighted by molar-refractivity contribution is 0.413. The maximum atomic E-state index is 12.9. The second-order valence-corrected chi connectivity index (χ2v) is 8.80. The van der Waals surface area contributed by atoms with Crippen molar-refractivity contribution in [2.24, 2.45) is 5.92 Å². The molecule has 1 aliphatic heterocycles. The Morgan fingerprint density at radius 2 is 1.96 bits per heavy atom. The van der Waals surface area contributed by atoms with E-state index in [1.54, 1.807) is 33.1 Å². The van der Waals surface area contributed by atoms with Crippen molar-refractivity contribution in [3.8, 4) is 5.75 Å². The van der Waals surface area contributed by atoms with Crippen LogP contribution < -0.4 is 4.74 Å². The molecule has 1 aromatic rings. The van der Waals surface area contributed by atoms with Gasteiger partial charge in [0.2, 0.25) is 10.0 Å². The maximum absolute atomic E-state index is 12.9. The molecule has 1 aliphatic rings. The molecule has 0 saturated carbocycles. The number of rotatable bonds is 6. The summed E-state index contributed by atoms with van der Waals surface area (Å²) in [5.74, 6) is 0.816. The summed E-state index contributed by atoms with van der Waals surface area (Å²) < 4.78 is 53.8. The Labute approximate surface area is 140 Å². The molecule has 0 N–H and O–H groups in total. The average molecular weight is 360 g/mol. The molecular formula is C15H22NO5S2-. The first-order valence-corrected chi connectivity index (χ1v) is 10.2. The number of benzene rings is 1. The summed E-state index contributed by atoms with van der Waals surface area (Å²) in [5.41, 5.74) is 1.32. The summed E-state index contributed by atoms with van der Waals surface area (Å²) in [4.78, 5) is 0.325. The molecule has 6 nitrogen and oxygen atoms in total. The van der Waals surface area contributed by atoms with Gasteiger partial charge in [-0.1, -0.05) is 11.1 Å². The van der Waals surface area contributed by atoms with E-state index in [9.17, 15) is 17.2 Å². The zero-order valence-corrected chi connectivity index (χ0v) is 15.2. The summed E-state index contributed by atoms with van der Waals surface area (Å²) in [6.45, 7) is 4.33. The highest BCUT2D eigenvalue weighted by atomic mass is 32.2. The number of hydrogen-bond donors (Lipinski definition) is 0. The first kappa shape index (κ1) is 18.4. The van der Waals surface area contributed by atoms with E-state index in [-0.39, 0.29) is 11.7 Å². The normalized spacial score (nSPS) is 20.6. The molecule has 0 aromatic heterocycles. The molecule has 2 rings (SSSR count). The predicted octanol–water partition coefficient (Wildman–Crippen LogP) is 1.59. The third kappa shape index (κ3) is 4.12. The summed E-state index contributed by atoms with van der Waals surface area (Å²) in [5, 5.41) is 0. The smallest absolute Gasteiger partial charge is 0.243 e. The molecule has 8 heteroatoms. The van der Waals surface area contributed by atoms with E-state index in [0.717, 1.165) is 0 Å². The fourth-order valence-electron chi connectivity index (χ4n) is 3.08. The molecule has 0 amide bonds. The molecule has 23 heavy (non-hydrogen) atoms. The number of aryl methyl sites for hydroxylation is 2. The Morgan fingerprint density at radius 3 is 2.48 bits per heavy atom. The van der Waals surface area contributed by atoms with Gasteiger partial charge in [0.25, 0.3) is 0 Å². The minimum atomic E-state index is -3.57. The van der Waals surface area contributed by atoms with Crippen molar-refractivity contribution in [2.45, 2.75) is 31.6 Å². The number of hydrogen-bond acceptors (Lipinski definition) is 5. The van der Waals surface area contributed by atoms with Crippen molar-refractivity contribution >= 4 is 21.1 Å². The minimum Gasteiger partial charge on any atom is -0.772 e. The van der Waals surface area contributed by atoms with Gasteiger partial charge in [-0.25, -0.2) is 8.42 Å². The predicted molar refractivity (Wildman–Crippen MR) is 87.7 cm³/mol. The summed E-state index contributed by atoms with van der Waals surface area (Å²) in [6.07, 6.45) is 1.20. The molecule has 0 bridgehead atoms. The Morgan fingerprint density at radius 1 is 1.35 bits per heavy atom. The van der Waals surface area contributed by atoms with Gasteiger partial charge >= 0.3 is 0 Å². The molecule has 1 saturated heterocycles. The van der Waals surface area contributed by atoms with Crippen LogP contribution in [0.3, 0.4) is 0 Å². The topological polar surface area (TPSA) is 86.7 Å². The van der Waals surface area contributed by atoms with E-state index < -0.39 is 21.1 Å². The van der Waals surface area contributed by atoms with Crippen LogP contribution in [0.5, 0.6) is 5.75 Å². The van der Waals surface area contributed by atoms with Crippen LogP contribution in [0.1, 0.15) is 24.0 Å². The SMILES string of the molecule is COc1cc(C)c(S(=O)(=O)N2CCC(CCS(=O)[O-])C2)c(C)c1. The van der Waals surface area contributed by atoms with Crippen LogP contribution in [0, 0.1) is 19.8 Å². The Balaban J connectivity index is 2.22. The van der Waals surface area contributed by atoms with Crippen LogP contribution >= 0.6 is 0 Å². The fraction of sp³-hybridized carbons (Fsp3) is 0.600. The lowest BCUT2D eigenvalue weighted by atomic mass is 10.1. The molecule has 1 fully saturated rings. The van der Waals surface area contributed by atoms with E-state index in [1.807, 2.05) is 0 Å². The highest BCUT2D eigenvalue weighted by molar-refractivity contribution is 7.89.